The van der Waals surface area contributed by atoms with Gasteiger partial charge in [-0.1, -0.05) is 0 Å². The molecule has 110 valence electrons. The average molecular weight is 306 g/mol. The number of aryl methyl sites for hydroxylation is 1. The number of hydrogen-bond acceptors (Lipinski definition) is 5. The van der Waals surface area contributed by atoms with Gasteiger partial charge in [-0.15, -0.1) is 0 Å². The molecule has 0 bridgehead atoms. The molecule has 1 aromatic carbocycles. The molecule has 21 heavy (non-hydrogen) atoms. The molecule has 0 unspecified atom stereocenters. The Morgan fingerprint density at radius 1 is 1.19 bits per heavy atom. The third kappa shape index (κ3) is 3.41. The van der Waals surface area contributed by atoms with Crippen molar-refractivity contribution in [1.82, 2.24) is 9.97 Å². The minimum Gasteiger partial charge on any atom is -0.322 e. The fraction of sp³-hybridized carbons (Fsp3) is 0.154. The van der Waals surface area contributed by atoms with E-state index in [9.17, 15) is 13.2 Å². The van der Waals surface area contributed by atoms with E-state index in [1.54, 1.807) is 13.8 Å². The van der Waals surface area contributed by atoms with Crippen molar-refractivity contribution in [3.63, 3.8) is 0 Å². The monoisotopic (exact) mass is 306 g/mol. The summed E-state index contributed by atoms with van der Waals surface area (Å²) in [4.78, 5) is 19.5. The van der Waals surface area contributed by atoms with Gasteiger partial charge in [0.15, 0.2) is 0 Å². The molecule has 8 heteroatoms. The van der Waals surface area contributed by atoms with Crippen LogP contribution >= 0.6 is 0 Å². The van der Waals surface area contributed by atoms with Gasteiger partial charge < -0.3 is 5.32 Å². The van der Waals surface area contributed by atoms with Gasteiger partial charge in [0.05, 0.1) is 10.5 Å². The van der Waals surface area contributed by atoms with Crippen LogP contribution in [0.4, 0.5) is 5.69 Å². The minimum absolute atomic E-state index is 0.0507. The Balaban J connectivity index is 2.41. The van der Waals surface area contributed by atoms with Crippen molar-refractivity contribution in [2.45, 2.75) is 18.7 Å². The summed E-state index contributed by atoms with van der Waals surface area (Å²) >= 11 is 0. The second-order valence-corrected chi connectivity index (χ2v) is 6.10. The van der Waals surface area contributed by atoms with Gasteiger partial charge >= 0.3 is 0 Å². The molecule has 0 fully saturated rings. The Hall–Kier alpha value is -2.32. The van der Waals surface area contributed by atoms with Crippen molar-refractivity contribution < 1.29 is 13.2 Å². The average Bonchev–Trinajstić information content (AvgIpc) is 2.43. The molecule has 0 saturated heterocycles. The maximum atomic E-state index is 12.1. The first kappa shape index (κ1) is 15.1. The lowest BCUT2D eigenvalue weighted by atomic mass is 10.1. The molecular weight excluding hydrogens is 292 g/mol. The summed E-state index contributed by atoms with van der Waals surface area (Å²) in [6.45, 7) is 3.52. The molecule has 0 aliphatic rings. The number of rotatable bonds is 3. The molecular formula is C13H14N4O3S. The number of nitrogens with two attached hydrogens (primary N) is 1. The molecule has 2 rings (SSSR count). The third-order valence-corrected chi connectivity index (χ3v) is 3.93. The van der Waals surface area contributed by atoms with Crippen LogP contribution in [0.3, 0.4) is 0 Å². The molecule has 7 nitrogen and oxygen atoms in total. The lowest BCUT2D eigenvalue weighted by Gasteiger charge is -2.12. The molecule has 0 atom stereocenters. The predicted molar refractivity (Wildman–Crippen MR) is 77.3 cm³/mol. The van der Waals surface area contributed by atoms with Gasteiger partial charge in [0.2, 0.25) is 10.0 Å². The zero-order valence-corrected chi connectivity index (χ0v) is 12.3. The molecule has 1 aromatic heterocycles. The van der Waals surface area contributed by atoms with Gasteiger partial charge in [-0.2, -0.15) is 0 Å². The first-order chi connectivity index (χ1) is 9.79. The van der Waals surface area contributed by atoms with Crippen LogP contribution in [0.25, 0.3) is 0 Å². The van der Waals surface area contributed by atoms with Gasteiger partial charge in [0.1, 0.15) is 6.33 Å². The van der Waals surface area contributed by atoms with Crippen LogP contribution in [0.5, 0.6) is 0 Å². The lowest BCUT2D eigenvalue weighted by Crippen LogP contribution is -2.16. The van der Waals surface area contributed by atoms with E-state index < -0.39 is 15.9 Å². The highest BCUT2D eigenvalue weighted by Gasteiger charge is 2.15. The summed E-state index contributed by atoms with van der Waals surface area (Å²) in [7, 11) is -3.84. The van der Waals surface area contributed by atoms with E-state index in [0.29, 0.717) is 11.3 Å². The van der Waals surface area contributed by atoms with Gasteiger partial charge in [-0.3, -0.25) is 4.79 Å². The number of primary sulfonamides is 1. The van der Waals surface area contributed by atoms with Crippen LogP contribution in [0.15, 0.2) is 35.7 Å². The van der Waals surface area contributed by atoms with Crippen LogP contribution in [-0.4, -0.2) is 24.3 Å². The number of carbonyl (C=O) groups is 1. The Morgan fingerprint density at radius 3 is 2.38 bits per heavy atom. The van der Waals surface area contributed by atoms with Crippen molar-refractivity contribution in [3.8, 4) is 0 Å². The normalized spacial score (nSPS) is 11.2. The van der Waals surface area contributed by atoms with Crippen molar-refractivity contribution in [2.75, 3.05) is 5.32 Å². The Morgan fingerprint density at radius 2 is 1.81 bits per heavy atom. The van der Waals surface area contributed by atoms with E-state index in [1.807, 2.05) is 0 Å². The predicted octanol–water partition coefficient (Wildman–Crippen LogP) is 0.993. The van der Waals surface area contributed by atoms with Crippen molar-refractivity contribution in [2.24, 2.45) is 5.14 Å². The Kier molecular flexibility index (Phi) is 4.01. The van der Waals surface area contributed by atoms with Crippen LogP contribution in [0.2, 0.25) is 0 Å². The van der Waals surface area contributed by atoms with Gasteiger partial charge in [0, 0.05) is 18.1 Å². The summed E-state index contributed by atoms with van der Waals surface area (Å²) in [5.41, 5.74) is 2.12. The van der Waals surface area contributed by atoms with Gasteiger partial charge in [-0.05, 0) is 37.1 Å². The Labute approximate surface area is 122 Å². The number of amides is 1. The fourth-order valence-corrected chi connectivity index (χ4v) is 2.35. The molecule has 0 aliphatic heterocycles. The zero-order chi connectivity index (χ0) is 15.6. The van der Waals surface area contributed by atoms with Crippen molar-refractivity contribution in [3.05, 3.63) is 47.5 Å². The number of hydrogen-bond donors (Lipinski definition) is 2. The van der Waals surface area contributed by atoms with Crippen LogP contribution in [-0.2, 0) is 10.0 Å². The summed E-state index contributed by atoms with van der Waals surface area (Å²) in [5.74, 6) is -0.426. The second kappa shape index (κ2) is 5.58. The molecule has 0 saturated carbocycles. The molecule has 0 aliphatic carbocycles. The number of benzene rings is 1. The maximum Gasteiger partial charge on any atom is 0.258 e. The number of nitrogens with zero attached hydrogens (tertiary/aromatic N) is 2. The minimum atomic E-state index is -3.84. The summed E-state index contributed by atoms with van der Waals surface area (Å²) in [5, 5.41) is 7.77. The fourth-order valence-electron chi connectivity index (χ4n) is 1.73. The maximum absolute atomic E-state index is 12.1. The van der Waals surface area contributed by atoms with Crippen molar-refractivity contribution in [1.29, 1.82) is 0 Å². The number of aromatic nitrogens is 2. The molecule has 3 N–H and O–H groups in total. The first-order valence-corrected chi connectivity index (χ1v) is 7.54. The van der Waals surface area contributed by atoms with E-state index in [4.69, 9.17) is 5.14 Å². The SMILES string of the molecule is Cc1cc(S(N)(=O)=O)cc(NC(=O)c2cncnc2)c1C. The molecule has 0 spiro atoms. The summed E-state index contributed by atoms with van der Waals surface area (Å²) in [6.07, 6.45) is 4.05. The van der Waals surface area contributed by atoms with Crippen LogP contribution in [0, 0.1) is 13.8 Å². The highest BCUT2D eigenvalue weighted by molar-refractivity contribution is 7.89. The van der Waals surface area contributed by atoms with Crippen LogP contribution in [0.1, 0.15) is 21.5 Å². The molecule has 1 amide bonds. The van der Waals surface area contributed by atoms with E-state index in [0.717, 1.165) is 5.56 Å². The lowest BCUT2D eigenvalue weighted by molar-refractivity contribution is 0.102. The molecule has 1 heterocycles. The van der Waals surface area contributed by atoms with Crippen LogP contribution < -0.4 is 10.5 Å². The Bertz CT molecular complexity index is 789. The third-order valence-electron chi connectivity index (χ3n) is 3.04. The standard InChI is InChI=1S/C13H14N4O3S/c1-8-3-11(21(14,19)20)4-12(9(8)2)17-13(18)10-5-15-7-16-6-10/h3-7H,1-2H3,(H,17,18)(H2,14,19,20). The highest BCUT2D eigenvalue weighted by atomic mass is 32.2. The van der Waals surface area contributed by atoms with E-state index in [2.05, 4.69) is 15.3 Å². The second-order valence-electron chi connectivity index (χ2n) is 4.54. The number of nitrogens with one attached hydrogen (secondary N) is 1. The summed E-state index contributed by atoms with van der Waals surface area (Å²) < 4.78 is 22.9. The largest absolute Gasteiger partial charge is 0.322 e. The summed E-state index contributed by atoms with van der Waals surface area (Å²) in [6, 6.07) is 2.80. The van der Waals surface area contributed by atoms with E-state index >= 15 is 0 Å². The van der Waals surface area contributed by atoms with E-state index in [-0.39, 0.29) is 10.5 Å². The molecule has 2 aromatic rings. The number of anilines is 1. The topological polar surface area (TPSA) is 115 Å². The smallest absolute Gasteiger partial charge is 0.258 e. The highest BCUT2D eigenvalue weighted by Crippen LogP contribution is 2.24. The number of sulfonamides is 1. The first-order valence-electron chi connectivity index (χ1n) is 5.99. The van der Waals surface area contributed by atoms with Gasteiger partial charge in [-0.25, -0.2) is 23.5 Å². The zero-order valence-electron chi connectivity index (χ0n) is 11.5. The quantitative estimate of drug-likeness (QED) is 0.877. The number of carbonyl (C=O) groups excluding carboxylic acids is 1. The van der Waals surface area contributed by atoms with Gasteiger partial charge in [0.25, 0.3) is 5.91 Å². The molecule has 0 radical (unpaired) electrons. The van der Waals surface area contributed by atoms with E-state index in [1.165, 1.54) is 30.9 Å². The van der Waals surface area contributed by atoms with Crippen molar-refractivity contribution >= 4 is 21.6 Å².